The van der Waals surface area contributed by atoms with E-state index in [1.54, 1.807) is 24.1 Å². The third kappa shape index (κ3) is 4.18. The molecular weight excluding hydrogens is 406 g/mol. The van der Waals surface area contributed by atoms with Crippen molar-refractivity contribution in [1.29, 1.82) is 0 Å². The summed E-state index contributed by atoms with van der Waals surface area (Å²) in [6, 6.07) is 11.5. The lowest BCUT2D eigenvalue weighted by Gasteiger charge is -2.14. The van der Waals surface area contributed by atoms with Gasteiger partial charge in [-0.2, -0.15) is 0 Å². The van der Waals surface area contributed by atoms with Crippen LogP contribution < -0.4 is 10.2 Å². The Kier molecular flexibility index (Phi) is 5.39. The Morgan fingerprint density at radius 2 is 2.07 bits per heavy atom. The van der Waals surface area contributed by atoms with Crippen molar-refractivity contribution in [3.8, 4) is 0 Å². The highest BCUT2D eigenvalue weighted by Gasteiger charge is 2.23. The lowest BCUT2D eigenvalue weighted by molar-refractivity contribution is -0.116. The van der Waals surface area contributed by atoms with E-state index in [2.05, 4.69) is 10.3 Å². The molecule has 2 amide bonds. The van der Waals surface area contributed by atoms with Crippen LogP contribution in [0.4, 0.5) is 10.8 Å². The van der Waals surface area contributed by atoms with Crippen LogP contribution in [0.2, 0.25) is 5.02 Å². The Morgan fingerprint density at radius 1 is 1.24 bits per heavy atom. The summed E-state index contributed by atoms with van der Waals surface area (Å²) in [4.78, 5) is 31.4. The highest BCUT2D eigenvalue weighted by molar-refractivity contribution is 7.15. The topological polar surface area (TPSA) is 62.3 Å². The van der Waals surface area contributed by atoms with E-state index in [1.165, 1.54) is 11.3 Å². The number of aryl methyl sites for hydroxylation is 1. The van der Waals surface area contributed by atoms with Gasteiger partial charge in [0.2, 0.25) is 5.91 Å². The van der Waals surface area contributed by atoms with Gasteiger partial charge in [-0.1, -0.05) is 23.7 Å². The van der Waals surface area contributed by atoms with Gasteiger partial charge in [0, 0.05) is 47.2 Å². The second-order valence-electron chi connectivity index (χ2n) is 7.11. The molecule has 0 radical (unpaired) electrons. The smallest absolute Gasteiger partial charge is 0.257 e. The Labute approximate surface area is 178 Å². The van der Waals surface area contributed by atoms with Crippen molar-refractivity contribution in [2.24, 2.45) is 0 Å². The van der Waals surface area contributed by atoms with Crippen molar-refractivity contribution < 1.29 is 9.59 Å². The molecule has 5 nitrogen and oxygen atoms in total. The highest BCUT2D eigenvalue weighted by atomic mass is 35.5. The maximum absolute atomic E-state index is 12.6. The number of fused-ring (bicyclic) bond motifs is 1. The third-order valence-electron chi connectivity index (χ3n) is 5.01. The van der Waals surface area contributed by atoms with Gasteiger partial charge in [0.25, 0.3) is 5.91 Å². The van der Waals surface area contributed by atoms with Gasteiger partial charge in [-0.3, -0.25) is 14.9 Å². The molecule has 0 fully saturated rings. The van der Waals surface area contributed by atoms with Crippen LogP contribution in [0.1, 0.15) is 38.8 Å². The Balaban J connectivity index is 1.44. The molecule has 0 spiro atoms. The number of aromatic nitrogens is 1. The average molecular weight is 426 g/mol. The Bertz CT molecular complexity index is 1110. The fourth-order valence-electron chi connectivity index (χ4n) is 3.43. The van der Waals surface area contributed by atoms with Gasteiger partial charge in [-0.15, -0.1) is 11.3 Å². The number of thiazole rings is 1. The Morgan fingerprint density at radius 3 is 2.83 bits per heavy atom. The predicted octanol–water partition coefficient (Wildman–Crippen LogP) is 4.86. The number of benzene rings is 2. The quantitative estimate of drug-likeness (QED) is 0.649. The zero-order chi connectivity index (χ0) is 20.5. The monoisotopic (exact) mass is 425 g/mol. The van der Waals surface area contributed by atoms with E-state index in [-0.39, 0.29) is 11.8 Å². The van der Waals surface area contributed by atoms with Gasteiger partial charge in [-0.05, 0) is 54.3 Å². The molecule has 4 rings (SSSR count). The standard InChI is InChI=1S/C22H20ClN3O2S/c1-13-3-4-15(10-19(13)23)9-18-12-24-22(29-18)25-21(28)17-5-6-20-16(11-17)7-8-26(20)14(2)27/h3-6,10-12H,7-9H2,1-2H3,(H,24,25,28). The zero-order valence-corrected chi connectivity index (χ0v) is 17.7. The molecule has 0 bridgehead atoms. The molecule has 29 heavy (non-hydrogen) atoms. The molecule has 1 N–H and O–H groups in total. The van der Waals surface area contributed by atoms with Crippen molar-refractivity contribution >= 4 is 45.6 Å². The summed E-state index contributed by atoms with van der Waals surface area (Å²) in [5.74, 6) is -0.181. The van der Waals surface area contributed by atoms with Crippen LogP contribution in [0, 0.1) is 6.92 Å². The first-order valence-electron chi connectivity index (χ1n) is 9.33. The second-order valence-corrected chi connectivity index (χ2v) is 8.63. The van der Waals surface area contributed by atoms with E-state index >= 15 is 0 Å². The Hall–Kier alpha value is -2.70. The summed E-state index contributed by atoms with van der Waals surface area (Å²) >= 11 is 7.65. The minimum absolute atomic E-state index is 0.0196. The van der Waals surface area contributed by atoms with Crippen molar-refractivity contribution in [3.63, 3.8) is 0 Å². The molecule has 3 aromatic rings. The average Bonchev–Trinajstić information content (AvgIpc) is 3.30. The largest absolute Gasteiger partial charge is 0.312 e. The van der Waals surface area contributed by atoms with Crippen LogP contribution >= 0.6 is 22.9 Å². The number of carbonyl (C=O) groups is 2. The first-order valence-corrected chi connectivity index (χ1v) is 10.5. The van der Waals surface area contributed by atoms with Gasteiger partial charge in [0.15, 0.2) is 5.13 Å². The van der Waals surface area contributed by atoms with Gasteiger partial charge in [0.1, 0.15) is 0 Å². The molecule has 0 atom stereocenters. The van der Waals surface area contributed by atoms with Gasteiger partial charge in [-0.25, -0.2) is 4.98 Å². The molecule has 2 aromatic carbocycles. The number of nitrogens with one attached hydrogen (secondary N) is 1. The van der Waals surface area contributed by atoms with Crippen molar-refractivity contribution in [1.82, 2.24) is 4.98 Å². The molecule has 2 heterocycles. The first kappa shape index (κ1) is 19.6. The molecular formula is C22H20ClN3O2S. The summed E-state index contributed by atoms with van der Waals surface area (Å²) in [5, 5.41) is 4.19. The third-order valence-corrected chi connectivity index (χ3v) is 6.33. The van der Waals surface area contributed by atoms with Crippen molar-refractivity contribution in [2.75, 3.05) is 16.8 Å². The maximum atomic E-state index is 12.6. The summed E-state index contributed by atoms with van der Waals surface area (Å²) < 4.78 is 0. The molecule has 0 saturated heterocycles. The van der Waals surface area contributed by atoms with Crippen LogP contribution in [0.15, 0.2) is 42.6 Å². The van der Waals surface area contributed by atoms with Crippen molar-refractivity contribution in [3.05, 3.63) is 74.7 Å². The van der Waals surface area contributed by atoms with E-state index in [0.717, 1.165) is 38.7 Å². The maximum Gasteiger partial charge on any atom is 0.257 e. The molecule has 0 aliphatic carbocycles. The molecule has 0 saturated carbocycles. The highest BCUT2D eigenvalue weighted by Crippen LogP contribution is 2.29. The van der Waals surface area contributed by atoms with Crippen LogP contribution in [-0.4, -0.2) is 23.3 Å². The summed E-state index contributed by atoms with van der Waals surface area (Å²) in [5.41, 5.74) is 4.63. The van der Waals surface area contributed by atoms with E-state index in [0.29, 0.717) is 23.7 Å². The number of hydrogen-bond acceptors (Lipinski definition) is 4. The lowest BCUT2D eigenvalue weighted by atomic mass is 10.1. The van der Waals surface area contributed by atoms with E-state index in [1.807, 2.05) is 37.3 Å². The number of carbonyl (C=O) groups excluding carboxylic acids is 2. The fourth-order valence-corrected chi connectivity index (χ4v) is 4.48. The summed E-state index contributed by atoms with van der Waals surface area (Å²) in [6.07, 6.45) is 3.26. The summed E-state index contributed by atoms with van der Waals surface area (Å²) in [7, 11) is 0. The normalized spacial score (nSPS) is 12.7. The van der Waals surface area contributed by atoms with Gasteiger partial charge in [0.05, 0.1) is 0 Å². The second kappa shape index (κ2) is 7.97. The predicted molar refractivity (Wildman–Crippen MR) is 117 cm³/mol. The number of anilines is 2. The SMILES string of the molecule is CC(=O)N1CCc2cc(C(=O)Nc3ncc(Cc4ccc(C)c(Cl)c4)s3)ccc21. The number of amides is 2. The number of nitrogens with zero attached hydrogens (tertiary/aromatic N) is 2. The molecule has 1 aliphatic heterocycles. The van der Waals surface area contributed by atoms with E-state index in [4.69, 9.17) is 11.6 Å². The van der Waals surface area contributed by atoms with Crippen LogP contribution in [0.3, 0.4) is 0 Å². The van der Waals surface area contributed by atoms with Crippen molar-refractivity contribution in [2.45, 2.75) is 26.7 Å². The number of rotatable bonds is 4. The van der Waals surface area contributed by atoms with Crippen LogP contribution in [0.5, 0.6) is 0 Å². The number of halogens is 1. The number of hydrogen-bond donors (Lipinski definition) is 1. The lowest BCUT2D eigenvalue weighted by Crippen LogP contribution is -2.25. The van der Waals surface area contributed by atoms with Gasteiger partial charge >= 0.3 is 0 Å². The minimum Gasteiger partial charge on any atom is -0.312 e. The zero-order valence-electron chi connectivity index (χ0n) is 16.2. The molecule has 1 aliphatic rings. The van der Waals surface area contributed by atoms with E-state index < -0.39 is 0 Å². The summed E-state index contributed by atoms with van der Waals surface area (Å²) in [6.45, 7) is 4.19. The first-order chi connectivity index (χ1) is 13.9. The van der Waals surface area contributed by atoms with Crippen LogP contribution in [-0.2, 0) is 17.6 Å². The van der Waals surface area contributed by atoms with E-state index in [9.17, 15) is 9.59 Å². The molecule has 148 valence electrons. The molecule has 0 unspecified atom stereocenters. The fraction of sp³-hybridized carbons (Fsp3) is 0.227. The van der Waals surface area contributed by atoms with Gasteiger partial charge < -0.3 is 4.90 Å². The minimum atomic E-state index is -0.201. The molecule has 7 heteroatoms. The molecule has 1 aromatic heterocycles. The van der Waals surface area contributed by atoms with Crippen LogP contribution in [0.25, 0.3) is 0 Å².